The van der Waals surface area contributed by atoms with Crippen molar-refractivity contribution in [3.05, 3.63) is 65.5 Å². The standard InChI is InChI=1S/C21H22N2S/c1-15-13-20(21(24)22-11-5-6-12-22)16(2)23(15)19-10-9-17-7-3-4-8-18(17)14-19/h3-4,7-10,13-14H,5-6,11-12H2,1-2H3. The molecule has 122 valence electrons. The smallest absolute Gasteiger partial charge is 0.111 e. The maximum atomic E-state index is 5.78. The van der Waals surface area contributed by atoms with Crippen LogP contribution in [0.4, 0.5) is 0 Å². The van der Waals surface area contributed by atoms with Gasteiger partial charge in [0, 0.05) is 35.7 Å². The highest BCUT2D eigenvalue weighted by Crippen LogP contribution is 2.26. The molecule has 1 aromatic heterocycles. The van der Waals surface area contributed by atoms with E-state index in [4.69, 9.17) is 12.2 Å². The van der Waals surface area contributed by atoms with Crippen LogP contribution in [0.25, 0.3) is 16.5 Å². The number of hydrogen-bond acceptors (Lipinski definition) is 1. The molecule has 3 aromatic rings. The Morgan fingerprint density at radius 1 is 0.917 bits per heavy atom. The van der Waals surface area contributed by atoms with Gasteiger partial charge in [0.25, 0.3) is 0 Å². The number of aryl methyl sites for hydroxylation is 1. The number of rotatable bonds is 2. The summed E-state index contributed by atoms with van der Waals surface area (Å²) in [5.74, 6) is 0. The van der Waals surface area contributed by atoms with Gasteiger partial charge in [0.2, 0.25) is 0 Å². The summed E-state index contributed by atoms with van der Waals surface area (Å²) in [6.07, 6.45) is 2.51. The summed E-state index contributed by atoms with van der Waals surface area (Å²) in [5, 5.41) is 2.54. The predicted octanol–water partition coefficient (Wildman–Crippen LogP) is 5.02. The lowest BCUT2D eigenvalue weighted by Crippen LogP contribution is -2.27. The van der Waals surface area contributed by atoms with Gasteiger partial charge in [0.15, 0.2) is 0 Å². The Kier molecular flexibility index (Phi) is 3.89. The quantitative estimate of drug-likeness (QED) is 0.608. The number of fused-ring (bicyclic) bond motifs is 1. The summed E-state index contributed by atoms with van der Waals surface area (Å²) in [7, 11) is 0. The van der Waals surface area contributed by atoms with Crippen LogP contribution >= 0.6 is 12.2 Å². The van der Waals surface area contributed by atoms with Crippen molar-refractivity contribution in [1.82, 2.24) is 9.47 Å². The fourth-order valence-electron chi connectivity index (χ4n) is 3.78. The first-order valence-electron chi connectivity index (χ1n) is 8.62. The Morgan fingerprint density at radius 2 is 1.62 bits per heavy atom. The molecule has 2 heterocycles. The van der Waals surface area contributed by atoms with Gasteiger partial charge in [-0.05, 0) is 55.7 Å². The van der Waals surface area contributed by atoms with Crippen LogP contribution in [-0.4, -0.2) is 27.5 Å². The molecule has 0 bridgehead atoms. The van der Waals surface area contributed by atoms with E-state index >= 15 is 0 Å². The molecule has 0 radical (unpaired) electrons. The molecule has 0 aliphatic carbocycles. The third-order valence-corrected chi connectivity index (χ3v) is 5.52. The van der Waals surface area contributed by atoms with E-state index in [1.807, 2.05) is 0 Å². The second kappa shape index (κ2) is 6.06. The average molecular weight is 334 g/mol. The number of thiocarbonyl (C=S) groups is 1. The first kappa shape index (κ1) is 15.4. The van der Waals surface area contributed by atoms with Gasteiger partial charge >= 0.3 is 0 Å². The fraction of sp³-hybridized carbons (Fsp3) is 0.286. The number of benzene rings is 2. The van der Waals surface area contributed by atoms with E-state index in [1.165, 1.54) is 46.3 Å². The normalized spacial score (nSPS) is 14.5. The molecule has 2 aromatic carbocycles. The van der Waals surface area contributed by atoms with Crippen molar-refractivity contribution in [3.63, 3.8) is 0 Å². The van der Waals surface area contributed by atoms with Gasteiger partial charge in [0.05, 0.1) is 0 Å². The SMILES string of the molecule is Cc1cc(C(=S)N2CCCC2)c(C)n1-c1ccc2ccccc2c1. The maximum Gasteiger partial charge on any atom is 0.111 e. The minimum absolute atomic E-state index is 1.01. The minimum Gasteiger partial charge on any atom is -0.362 e. The Bertz CT molecular complexity index is 917. The zero-order valence-electron chi connectivity index (χ0n) is 14.2. The van der Waals surface area contributed by atoms with Gasteiger partial charge in [-0.25, -0.2) is 0 Å². The minimum atomic E-state index is 1.01. The van der Waals surface area contributed by atoms with Crippen LogP contribution in [0.3, 0.4) is 0 Å². The van der Waals surface area contributed by atoms with Crippen molar-refractivity contribution in [2.24, 2.45) is 0 Å². The van der Waals surface area contributed by atoms with Gasteiger partial charge in [-0.3, -0.25) is 0 Å². The third kappa shape index (κ3) is 2.53. The van der Waals surface area contributed by atoms with Gasteiger partial charge in [-0.1, -0.05) is 42.5 Å². The number of aromatic nitrogens is 1. The first-order chi connectivity index (χ1) is 11.6. The molecule has 24 heavy (non-hydrogen) atoms. The van der Waals surface area contributed by atoms with Gasteiger partial charge in [-0.15, -0.1) is 0 Å². The molecule has 0 saturated carbocycles. The lowest BCUT2D eigenvalue weighted by molar-refractivity contribution is 0.530. The van der Waals surface area contributed by atoms with Crippen molar-refractivity contribution >= 4 is 28.0 Å². The largest absolute Gasteiger partial charge is 0.362 e. The van der Waals surface area contributed by atoms with Gasteiger partial charge in [0.1, 0.15) is 4.99 Å². The van der Waals surface area contributed by atoms with Crippen molar-refractivity contribution in [2.75, 3.05) is 13.1 Å². The molecule has 4 rings (SSSR count). The molecule has 0 spiro atoms. The molecular weight excluding hydrogens is 312 g/mol. The van der Waals surface area contributed by atoms with E-state index in [-0.39, 0.29) is 0 Å². The third-order valence-electron chi connectivity index (χ3n) is 5.05. The van der Waals surface area contributed by atoms with E-state index in [0.717, 1.165) is 18.1 Å². The van der Waals surface area contributed by atoms with Crippen LogP contribution in [0.15, 0.2) is 48.5 Å². The fourth-order valence-corrected chi connectivity index (χ4v) is 4.17. The van der Waals surface area contributed by atoms with E-state index in [9.17, 15) is 0 Å². The summed E-state index contributed by atoms with van der Waals surface area (Å²) in [4.78, 5) is 3.36. The summed E-state index contributed by atoms with van der Waals surface area (Å²) in [6.45, 7) is 6.54. The van der Waals surface area contributed by atoms with E-state index < -0.39 is 0 Å². The maximum absolute atomic E-state index is 5.78. The lowest BCUT2D eigenvalue weighted by atomic mass is 10.1. The van der Waals surface area contributed by atoms with Gasteiger partial charge < -0.3 is 9.47 Å². The molecule has 0 atom stereocenters. The highest BCUT2D eigenvalue weighted by molar-refractivity contribution is 7.80. The molecular formula is C21H22N2S. The lowest BCUT2D eigenvalue weighted by Gasteiger charge is -2.19. The second-order valence-electron chi connectivity index (χ2n) is 6.65. The average Bonchev–Trinajstić information content (AvgIpc) is 3.22. The summed E-state index contributed by atoms with van der Waals surface area (Å²) < 4.78 is 2.32. The number of nitrogens with zero attached hydrogens (tertiary/aromatic N) is 2. The summed E-state index contributed by atoms with van der Waals surface area (Å²) in [5.41, 5.74) is 4.88. The van der Waals surface area contributed by atoms with Crippen molar-refractivity contribution in [1.29, 1.82) is 0 Å². The predicted molar refractivity (Wildman–Crippen MR) is 105 cm³/mol. The highest BCUT2D eigenvalue weighted by atomic mass is 32.1. The van der Waals surface area contributed by atoms with E-state index in [2.05, 4.69) is 71.8 Å². The molecule has 2 nitrogen and oxygen atoms in total. The first-order valence-corrected chi connectivity index (χ1v) is 9.03. The van der Waals surface area contributed by atoms with Crippen LogP contribution in [-0.2, 0) is 0 Å². The molecule has 0 unspecified atom stereocenters. The van der Waals surface area contributed by atoms with Crippen molar-refractivity contribution < 1.29 is 0 Å². The van der Waals surface area contributed by atoms with Crippen LogP contribution in [0, 0.1) is 13.8 Å². The summed E-state index contributed by atoms with van der Waals surface area (Å²) in [6, 6.07) is 17.4. The summed E-state index contributed by atoms with van der Waals surface area (Å²) >= 11 is 5.78. The number of hydrogen-bond donors (Lipinski definition) is 0. The molecule has 1 saturated heterocycles. The Balaban J connectivity index is 1.78. The highest BCUT2D eigenvalue weighted by Gasteiger charge is 2.21. The van der Waals surface area contributed by atoms with Crippen LogP contribution in [0.2, 0.25) is 0 Å². The zero-order valence-corrected chi connectivity index (χ0v) is 15.1. The van der Waals surface area contributed by atoms with Crippen LogP contribution < -0.4 is 0 Å². The van der Waals surface area contributed by atoms with Crippen LogP contribution in [0.5, 0.6) is 0 Å². The molecule has 1 aliphatic rings. The van der Waals surface area contributed by atoms with E-state index in [1.54, 1.807) is 0 Å². The Labute approximate surface area is 148 Å². The molecule has 1 fully saturated rings. The molecule has 0 N–H and O–H groups in total. The molecule has 3 heteroatoms. The van der Waals surface area contributed by atoms with Crippen LogP contribution in [0.1, 0.15) is 29.8 Å². The number of likely N-dealkylation sites (tertiary alicyclic amines) is 1. The zero-order chi connectivity index (χ0) is 16.7. The Morgan fingerprint density at radius 3 is 2.38 bits per heavy atom. The monoisotopic (exact) mass is 334 g/mol. The topological polar surface area (TPSA) is 8.17 Å². The van der Waals surface area contributed by atoms with Gasteiger partial charge in [-0.2, -0.15) is 0 Å². The van der Waals surface area contributed by atoms with Crippen molar-refractivity contribution in [3.8, 4) is 5.69 Å². The molecule has 1 aliphatic heterocycles. The van der Waals surface area contributed by atoms with E-state index in [0.29, 0.717) is 0 Å². The molecule has 0 amide bonds. The van der Waals surface area contributed by atoms with Crippen molar-refractivity contribution in [2.45, 2.75) is 26.7 Å². The second-order valence-corrected chi connectivity index (χ2v) is 7.04. The Hall–Kier alpha value is -2.13.